The first-order valence-electron chi connectivity index (χ1n) is 4.39. The van der Waals surface area contributed by atoms with Gasteiger partial charge in [0, 0.05) is 0 Å². The Kier molecular flexibility index (Phi) is 7.10. The van der Waals surface area contributed by atoms with Crippen LogP contribution in [0.25, 0.3) is 0 Å². The van der Waals surface area contributed by atoms with Crippen LogP contribution in [0.5, 0.6) is 0 Å². The lowest BCUT2D eigenvalue weighted by Gasteiger charge is -2.16. The van der Waals surface area contributed by atoms with E-state index in [1.807, 2.05) is 0 Å². The minimum Gasteiger partial charge on any atom is -0.465 e. The minimum absolute atomic E-state index is 0.0547. The summed E-state index contributed by atoms with van der Waals surface area (Å²) in [5.41, 5.74) is 0. The zero-order valence-electron chi connectivity index (χ0n) is 8.67. The molecule has 0 unspecified atom stereocenters. The van der Waals surface area contributed by atoms with Gasteiger partial charge in [-0.1, -0.05) is 35.0 Å². The molecule has 0 spiro atoms. The van der Waals surface area contributed by atoms with Crippen molar-refractivity contribution >= 4 is 46.9 Å². The largest absolute Gasteiger partial charge is 0.465 e. The van der Waals surface area contributed by atoms with Crippen molar-refractivity contribution in [2.45, 2.75) is 23.0 Å². The Morgan fingerprint density at radius 1 is 1.25 bits per heavy atom. The van der Waals surface area contributed by atoms with Crippen molar-refractivity contribution in [3.8, 4) is 0 Å². The molecule has 0 N–H and O–H groups in total. The molecule has 16 heavy (non-hydrogen) atoms. The van der Waals surface area contributed by atoms with E-state index in [0.29, 0.717) is 0 Å². The van der Waals surface area contributed by atoms with Gasteiger partial charge in [-0.2, -0.15) is 4.39 Å². The summed E-state index contributed by atoms with van der Waals surface area (Å²) in [7, 11) is 0. The number of carbonyl (C=O) groups is 2. The van der Waals surface area contributed by atoms with Crippen molar-refractivity contribution in [1.29, 1.82) is 0 Å². The molecule has 0 atom stereocenters. The molecular weight excluding hydrogens is 282 g/mol. The molecule has 0 aliphatic carbocycles. The lowest BCUT2D eigenvalue weighted by Crippen LogP contribution is -2.33. The molecule has 0 rings (SSSR count). The summed E-state index contributed by atoms with van der Waals surface area (Å²) in [5.74, 6) is -1.87. The normalized spacial score (nSPS) is 11.4. The van der Waals surface area contributed by atoms with Crippen LogP contribution in [0.2, 0.25) is 0 Å². The fourth-order valence-corrected chi connectivity index (χ4v) is 1.89. The third-order valence-electron chi connectivity index (χ3n) is 1.25. The van der Waals surface area contributed by atoms with Crippen LogP contribution in [0.3, 0.4) is 0 Å². The number of thioether (sulfide) groups is 1. The van der Waals surface area contributed by atoms with E-state index >= 15 is 0 Å². The number of halogens is 3. The molecule has 0 heterocycles. The maximum Gasteiger partial charge on any atom is 0.330 e. The summed E-state index contributed by atoms with van der Waals surface area (Å²) in [5, 5.41) is -1.53. The van der Waals surface area contributed by atoms with Crippen molar-refractivity contribution in [3.63, 3.8) is 0 Å². The SMILES string of the molecule is CCOC(=O)C(SC(F)(Cl)Cl)C(=O)OCC. The van der Waals surface area contributed by atoms with Crippen LogP contribution in [0, 0.1) is 0 Å². The summed E-state index contributed by atoms with van der Waals surface area (Å²) in [6.07, 6.45) is 0. The van der Waals surface area contributed by atoms with Gasteiger partial charge in [-0.15, -0.1) is 0 Å². The lowest BCUT2D eigenvalue weighted by atomic mass is 10.4. The smallest absolute Gasteiger partial charge is 0.330 e. The van der Waals surface area contributed by atoms with Gasteiger partial charge in [-0.3, -0.25) is 9.59 Å². The zero-order valence-corrected chi connectivity index (χ0v) is 11.0. The first kappa shape index (κ1) is 15.8. The standard InChI is InChI=1S/C8H11Cl2FO4S/c1-3-14-6(12)5(7(13)15-4-2)16-8(9,10)11/h5H,3-4H2,1-2H3. The van der Waals surface area contributed by atoms with E-state index in [9.17, 15) is 14.0 Å². The van der Waals surface area contributed by atoms with Gasteiger partial charge in [-0.05, 0) is 13.8 Å². The maximum absolute atomic E-state index is 12.9. The second-order valence-corrected chi connectivity index (χ2v) is 5.40. The predicted molar refractivity (Wildman–Crippen MR) is 60.2 cm³/mol. The molecule has 0 aromatic rings. The zero-order chi connectivity index (χ0) is 12.8. The van der Waals surface area contributed by atoms with Crippen LogP contribution in [0.1, 0.15) is 13.8 Å². The van der Waals surface area contributed by atoms with Crippen LogP contribution in [-0.2, 0) is 19.1 Å². The fourth-order valence-electron chi connectivity index (χ4n) is 0.762. The van der Waals surface area contributed by atoms with E-state index in [1.54, 1.807) is 13.8 Å². The van der Waals surface area contributed by atoms with E-state index in [1.165, 1.54) is 0 Å². The van der Waals surface area contributed by atoms with Crippen LogP contribution in [0.4, 0.5) is 4.39 Å². The quantitative estimate of drug-likeness (QED) is 0.427. The monoisotopic (exact) mass is 292 g/mol. The van der Waals surface area contributed by atoms with E-state index in [0.717, 1.165) is 0 Å². The van der Waals surface area contributed by atoms with Crippen LogP contribution in [-0.4, -0.2) is 34.3 Å². The highest BCUT2D eigenvalue weighted by Crippen LogP contribution is 2.39. The van der Waals surface area contributed by atoms with Gasteiger partial charge in [-0.25, -0.2) is 0 Å². The van der Waals surface area contributed by atoms with Gasteiger partial charge in [0.2, 0.25) is 5.25 Å². The Balaban J connectivity index is 4.62. The highest BCUT2D eigenvalue weighted by molar-refractivity contribution is 8.04. The third-order valence-corrected chi connectivity index (χ3v) is 2.68. The molecule has 0 aliphatic rings. The number of hydrogen-bond acceptors (Lipinski definition) is 5. The second kappa shape index (κ2) is 7.19. The molecule has 0 radical (unpaired) electrons. The molecule has 0 saturated carbocycles. The highest BCUT2D eigenvalue weighted by Gasteiger charge is 2.39. The van der Waals surface area contributed by atoms with Crippen molar-refractivity contribution in [2.24, 2.45) is 0 Å². The number of carbonyl (C=O) groups excluding carboxylic acids is 2. The van der Waals surface area contributed by atoms with Gasteiger partial charge in [0.25, 0.3) is 0 Å². The van der Waals surface area contributed by atoms with E-state index in [2.05, 4.69) is 9.47 Å². The average molecular weight is 293 g/mol. The molecular formula is C8H11Cl2FO4S. The van der Waals surface area contributed by atoms with Gasteiger partial charge in [0.1, 0.15) is 0 Å². The number of alkyl halides is 3. The third kappa shape index (κ3) is 6.40. The first-order chi connectivity index (χ1) is 7.31. The van der Waals surface area contributed by atoms with E-state index in [4.69, 9.17) is 23.2 Å². The first-order valence-corrected chi connectivity index (χ1v) is 6.03. The van der Waals surface area contributed by atoms with Crippen molar-refractivity contribution < 1.29 is 23.5 Å². The number of esters is 2. The van der Waals surface area contributed by atoms with E-state index < -0.39 is 21.1 Å². The Morgan fingerprint density at radius 2 is 1.62 bits per heavy atom. The molecule has 0 aromatic carbocycles. The van der Waals surface area contributed by atoms with Gasteiger partial charge >= 0.3 is 15.9 Å². The molecule has 0 amide bonds. The molecule has 8 heteroatoms. The molecule has 0 saturated heterocycles. The summed E-state index contributed by atoms with van der Waals surface area (Å²) >= 11 is 10.2. The molecule has 0 fully saturated rings. The summed E-state index contributed by atoms with van der Waals surface area (Å²) in [6.45, 7) is 3.21. The number of rotatable bonds is 6. The van der Waals surface area contributed by atoms with Crippen molar-refractivity contribution in [1.82, 2.24) is 0 Å². The van der Waals surface area contributed by atoms with Gasteiger partial charge < -0.3 is 9.47 Å². The van der Waals surface area contributed by atoms with Crippen LogP contribution in [0.15, 0.2) is 0 Å². The minimum atomic E-state index is -2.76. The molecule has 0 aromatic heterocycles. The predicted octanol–water partition coefficient (Wildman–Crippen LogP) is 2.27. The molecule has 94 valence electrons. The van der Waals surface area contributed by atoms with Gasteiger partial charge in [0.05, 0.1) is 13.2 Å². The summed E-state index contributed by atoms with van der Waals surface area (Å²) in [4.78, 5) is 22.6. The van der Waals surface area contributed by atoms with E-state index in [-0.39, 0.29) is 25.0 Å². The Bertz CT molecular complexity index is 239. The lowest BCUT2D eigenvalue weighted by molar-refractivity contribution is -0.152. The number of hydrogen-bond donors (Lipinski definition) is 0. The van der Waals surface area contributed by atoms with Crippen LogP contribution < -0.4 is 0 Å². The molecule has 0 aliphatic heterocycles. The van der Waals surface area contributed by atoms with Crippen molar-refractivity contribution in [2.75, 3.05) is 13.2 Å². The summed E-state index contributed by atoms with van der Waals surface area (Å²) < 4.78 is 19.3. The maximum atomic E-state index is 12.9. The highest BCUT2D eigenvalue weighted by atomic mass is 35.5. The Hall–Kier alpha value is -0.200. The van der Waals surface area contributed by atoms with Gasteiger partial charge in [0.15, 0.2) is 0 Å². The van der Waals surface area contributed by atoms with Crippen molar-refractivity contribution in [3.05, 3.63) is 0 Å². The fraction of sp³-hybridized carbons (Fsp3) is 0.750. The summed E-state index contributed by atoms with van der Waals surface area (Å²) in [6, 6.07) is 0. The molecule has 0 bridgehead atoms. The Labute approximate surface area is 107 Å². The average Bonchev–Trinajstić information content (AvgIpc) is 2.13. The Morgan fingerprint density at radius 3 is 1.88 bits per heavy atom. The molecule has 4 nitrogen and oxygen atoms in total. The second-order valence-electron chi connectivity index (χ2n) is 2.45. The number of ether oxygens (including phenoxy) is 2. The van der Waals surface area contributed by atoms with Crippen LogP contribution >= 0.6 is 35.0 Å². The topological polar surface area (TPSA) is 52.6 Å².